The summed E-state index contributed by atoms with van der Waals surface area (Å²) in [6.45, 7) is 0.303. The molecule has 5 heteroatoms. The maximum absolute atomic E-state index is 11.9. The highest BCUT2D eigenvalue weighted by molar-refractivity contribution is 9.09. The van der Waals surface area contributed by atoms with Crippen molar-refractivity contribution >= 4 is 27.9 Å². The van der Waals surface area contributed by atoms with Crippen molar-refractivity contribution in [3.05, 3.63) is 35.9 Å². The van der Waals surface area contributed by atoms with Crippen LogP contribution in [0.2, 0.25) is 0 Å². The van der Waals surface area contributed by atoms with Crippen LogP contribution in [0.15, 0.2) is 30.3 Å². The third-order valence-electron chi connectivity index (χ3n) is 2.31. The van der Waals surface area contributed by atoms with Gasteiger partial charge in [-0.2, -0.15) is 0 Å². The predicted molar refractivity (Wildman–Crippen MR) is 61.5 cm³/mol. The molecule has 1 fully saturated rings. The van der Waals surface area contributed by atoms with E-state index in [9.17, 15) is 9.59 Å². The van der Waals surface area contributed by atoms with E-state index in [0.29, 0.717) is 17.4 Å². The molecule has 0 aromatic heterocycles. The molecule has 1 heterocycles. The maximum atomic E-state index is 11.9. The van der Waals surface area contributed by atoms with Gasteiger partial charge in [0.25, 0.3) is 5.91 Å². The number of benzene rings is 1. The first-order chi connectivity index (χ1) is 7.72. The summed E-state index contributed by atoms with van der Waals surface area (Å²) in [5.74, 6) is -0.311. The van der Waals surface area contributed by atoms with Crippen LogP contribution < -0.4 is 0 Å². The second kappa shape index (κ2) is 4.65. The van der Waals surface area contributed by atoms with Crippen molar-refractivity contribution in [1.29, 1.82) is 0 Å². The summed E-state index contributed by atoms with van der Waals surface area (Å²) in [5.41, 5.74) is 0.495. The molecule has 0 radical (unpaired) electrons. The molecule has 0 unspecified atom stereocenters. The van der Waals surface area contributed by atoms with E-state index in [1.54, 1.807) is 24.3 Å². The average molecular weight is 284 g/mol. The fourth-order valence-electron chi connectivity index (χ4n) is 1.50. The normalized spacial score (nSPS) is 19.7. The Kier molecular flexibility index (Phi) is 3.24. The van der Waals surface area contributed by atoms with E-state index in [-0.39, 0.29) is 12.0 Å². The lowest BCUT2D eigenvalue weighted by atomic mass is 10.2. The zero-order valence-electron chi connectivity index (χ0n) is 8.43. The van der Waals surface area contributed by atoms with Crippen molar-refractivity contribution in [3.8, 4) is 0 Å². The van der Waals surface area contributed by atoms with Gasteiger partial charge in [-0.05, 0) is 12.1 Å². The Hall–Kier alpha value is -1.36. The van der Waals surface area contributed by atoms with E-state index >= 15 is 0 Å². The Bertz CT molecular complexity index is 407. The fourth-order valence-corrected chi connectivity index (χ4v) is 1.84. The Balaban J connectivity index is 2.15. The van der Waals surface area contributed by atoms with Crippen LogP contribution in [-0.4, -0.2) is 34.9 Å². The molecular weight excluding hydrogens is 274 g/mol. The van der Waals surface area contributed by atoms with Gasteiger partial charge < -0.3 is 4.74 Å². The zero-order valence-corrected chi connectivity index (χ0v) is 10.0. The minimum atomic E-state index is -0.571. The number of halogens is 1. The lowest BCUT2D eigenvalue weighted by Crippen LogP contribution is -2.32. The number of ether oxygens (including phenoxy) is 1. The van der Waals surface area contributed by atoms with Crippen LogP contribution in [-0.2, 0) is 4.74 Å². The van der Waals surface area contributed by atoms with E-state index in [4.69, 9.17) is 4.74 Å². The number of hydrogen-bond acceptors (Lipinski definition) is 3. The SMILES string of the molecule is O=C1O[C@@H](CBr)CN1C(=O)c1ccccc1. The van der Waals surface area contributed by atoms with Crippen LogP contribution in [0.3, 0.4) is 0 Å². The summed E-state index contributed by atoms with van der Waals surface area (Å²) < 4.78 is 4.99. The first-order valence-corrected chi connectivity index (χ1v) is 5.98. The molecule has 1 aromatic carbocycles. The number of imide groups is 1. The molecule has 0 N–H and O–H groups in total. The Labute approximate surface area is 101 Å². The number of carbonyl (C=O) groups excluding carboxylic acids is 2. The molecule has 4 nitrogen and oxygen atoms in total. The van der Waals surface area contributed by atoms with Crippen LogP contribution in [0, 0.1) is 0 Å². The third kappa shape index (κ3) is 2.09. The number of nitrogens with zero attached hydrogens (tertiary/aromatic N) is 1. The van der Waals surface area contributed by atoms with Gasteiger partial charge in [-0.25, -0.2) is 9.69 Å². The summed E-state index contributed by atoms with van der Waals surface area (Å²) in [6.07, 6.45) is -0.821. The monoisotopic (exact) mass is 283 g/mol. The van der Waals surface area contributed by atoms with Crippen LogP contribution >= 0.6 is 15.9 Å². The Morgan fingerprint density at radius 2 is 2.12 bits per heavy atom. The molecule has 0 aliphatic carbocycles. The molecule has 1 aromatic rings. The quantitative estimate of drug-likeness (QED) is 0.781. The van der Waals surface area contributed by atoms with Crippen molar-refractivity contribution in [3.63, 3.8) is 0 Å². The van der Waals surface area contributed by atoms with Crippen molar-refractivity contribution in [1.82, 2.24) is 4.90 Å². The van der Waals surface area contributed by atoms with Crippen molar-refractivity contribution in [2.75, 3.05) is 11.9 Å². The lowest BCUT2D eigenvalue weighted by molar-refractivity contribution is 0.0809. The Morgan fingerprint density at radius 1 is 1.44 bits per heavy atom. The van der Waals surface area contributed by atoms with Crippen LogP contribution in [0.5, 0.6) is 0 Å². The van der Waals surface area contributed by atoms with E-state index in [2.05, 4.69) is 15.9 Å². The number of alkyl halides is 1. The molecule has 1 aliphatic heterocycles. The molecule has 84 valence electrons. The smallest absolute Gasteiger partial charge is 0.417 e. The third-order valence-corrected chi connectivity index (χ3v) is 3.03. The second-order valence-corrected chi connectivity index (χ2v) is 4.09. The summed E-state index contributed by atoms with van der Waals surface area (Å²) in [5, 5.41) is 0.539. The first-order valence-electron chi connectivity index (χ1n) is 4.86. The van der Waals surface area contributed by atoms with Crippen molar-refractivity contribution in [2.24, 2.45) is 0 Å². The van der Waals surface area contributed by atoms with E-state index < -0.39 is 6.09 Å². The average Bonchev–Trinajstić information content (AvgIpc) is 2.71. The molecule has 1 atom stereocenters. The topological polar surface area (TPSA) is 46.6 Å². The Morgan fingerprint density at radius 3 is 2.69 bits per heavy atom. The summed E-state index contributed by atoms with van der Waals surface area (Å²) >= 11 is 3.22. The number of cyclic esters (lactones) is 1. The van der Waals surface area contributed by atoms with Gasteiger partial charge in [0.05, 0.1) is 6.54 Å². The molecule has 0 spiro atoms. The fraction of sp³-hybridized carbons (Fsp3) is 0.273. The summed E-state index contributed by atoms with van der Waals surface area (Å²) in [7, 11) is 0. The van der Waals surface area contributed by atoms with E-state index in [1.807, 2.05) is 6.07 Å². The number of hydrogen-bond donors (Lipinski definition) is 0. The lowest BCUT2D eigenvalue weighted by Gasteiger charge is -2.10. The molecule has 0 bridgehead atoms. The van der Waals surface area contributed by atoms with Gasteiger partial charge in [-0.3, -0.25) is 4.79 Å². The van der Waals surface area contributed by atoms with Crippen molar-refractivity contribution < 1.29 is 14.3 Å². The number of amides is 2. The van der Waals surface area contributed by atoms with E-state index in [0.717, 1.165) is 4.90 Å². The molecule has 1 saturated heterocycles. The van der Waals surface area contributed by atoms with Gasteiger partial charge in [0.1, 0.15) is 6.10 Å². The standard InChI is InChI=1S/C11H10BrNO3/c12-6-9-7-13(11(15)16-9)10(14)8-4-2-1-3-5-8/h1-5,9H,6-7H2/t9-/m0/s1. The molecule has 16 heavy (non-hydrogen) atoms. The van der Waals surface area contributed by atoms with Crippen LogP contribution in [0.4, 0.5) is 4.79 Å². The van der Waals surface area contributed by atoms with Gasteiger partial charge >= 0.3 is 6.09 Å². The second-order valence-electron chi connectivity index (χ2n) is 3.44. The first kappa shape index (κ1) is 11.1. The maximum Gasteiger partial charge on any atom is 0.417 e. The van der Waals surface area contributed by atoms with Gasteiger partial charge in [0, 0.05) is 10.9 Å². The summed E-state index contributed by atoms with van der Waals surface area (Å²) in [6, 6.07) is 8.70. The van der Waals surface area contributed by atoms with Crippen LogP contribution in [0.25, 0.3) is 0 Å². The largest absolute Gasteiger partial charge is 0.443 e. The summed E-state index contributed by atoms with van der Waals surface area (Å²) in [4.78, 5) is 24.5. The van der Waals surface area contributed by atoms with Crippen LogP contribution in [0.1, 0.15) is 10.4 Å². The minimum Gasteiger partial charge on any atom is -0.443 e. The highest BCUT2D eigenvalue weighted by atomic mass is 79.9. The van der Waals surface area contributed by atoms with E-state index in [1.165, 1.54) is 0 Å². The molecule has 0 saturated carbocycles. The zero-order chi connectivity index (χ0) is 11.5. The highest BCUT2D eigenvalue weighted by Crippen LogP contribution is 2.16. The molecule has 2 rings (SSSR count). The predicted octanol–water partition coefficient (Wildman–Crippen LogP) is 2.04. The molecular formula is C11H10BrNO3. The van der Waals surface area contributed by atoms with Crippen molar-refractivity contribution in [2.45, 2.75) is 6.10 Å². The van der Waals surface area contributed by atoms with Gasteiger partial charge in [-0.15, -0.1) is 0 Å². The molecule has 1 aliphatic rings. The highest BCUT2D eigenvalue weighted by Gasteiger charge is 2.35. The van der Waals surface area contributed by atoms with Gasteiger partial charge in [-0.1, -0.05) is 34.1 Å². The van der Waals surface area contributed by atoms with Gasteiger partial charge in [0.2, 0.25) is 0 Å². The number of rotatable bonds is 2. The minimum absolute atomic E-state index is 0.250. The van der Waals surface area contributed by atoms with Gasteiger partial charge in [0.15, 0.2) is 0 Å². The molecule has 2 amide bonds. The number of carbonyl (C=O) groups is 2.